The first-order valence-corrected chi connectivity index (χ1v) is 10.2. The Bertz CT molecular complexity index is 844. The van der Waals surface area contributed by atoms with Gasteiger partial charge in [0.15, 0.2) is 0 Å². The van der Waals surface area contributed by atoms with Crippen molar-refractivity contribution in [2.45, 2.75) is 51.1 Å². The van der Waals surface area contributed by atoms with E-state index in [4.69, 9.17) is 5.73 Å². The lowest BCUT2D eigenvalue weighted by Crippen LogP contribution is -2.51. The molecule has 1 aliphatic carbocycles. The highest BCUT2D eigenvalue weighted by Gasteiger charge is 2.35. The molecule has 2 N–H and O–H groups in total. The minimum Gasteiger partial charge on any atom is -0.394 e. The van der Waals surface area contributed by atoms with Crippen molar-refractivity contribution in [3.05, 3.63) is 33.9 Å². The van der Waals surface area contributed by atoms with E-state index in [1.807, 2.05) is 22.4 Å². The van der Waals surface area contributed by atoms with E-state index in [1.54, 1.807) is 6.07 Å². The molecule has 0 radical (unpaired) electrons. The average Bonchev–Trinajstić information content (AvgIpc) is 3.19. The first kappa shape index (κ1) is 17.3. The summed E-state index contributed by atoms with van der Waals surface area (Å²) in [6, 6.07) is 5.78. The molecule has 1 saturated heterocycles. The largest absolute Gasteiger partial charge is 0.394 e. The van der Waals surface area contributed by atoms with Crippen LogP contribution >= 0.6 is 11.3 Å². The molecule has 2 aromatic heterocycles. The Hall–Kier alpha value is -2.15. The second-order valence-electron chi connectivity index (χ2n) is 7.27. The number of piperidine rings is 1. The number of nitrogens with zero attached hydrogens (tertiary/aromatic N) is 3. The number of rotatable bonds is 3. The number of nitrogen functional groups attached to an aromatic ring is 1. The molecule has 3 heterocycles. The van der Waals surface area contributed by atoms with Crippen LogP contribution in [0.2, 0.25) is 0 Å². The van der Waals surface area contributed by atoms with Crippen LogP contribution in [0, 0.1) is 5.92 Å². The number of thiophene rings is 1. The van der Waals surface area contributed by atoms with Gasteiger partial charge in [-0.3, -0.25) is 9.59 Å². The summed E-state index contributed by atoms with van der Waals surface area (Å²) in [6.45, 7) is 0.750. The second-order valence-corrected chi connectivity index (χ2v) is 8.21. The number of anilines is 1. The number of aromatic nitrogens is 2. The Morgan fingerprint density at radius 3 is 2.88 bits per heavy atom. The summed E-state index contributed by atoms with van der Waals surface area (Å²) in [4.78, 5) is 28.3. The summed E-state index contributed by atoms with van der Waals surface area (Å²) in [5.41, 5.74) is 6.27. The van der Waals surface area contributed by atoms with Crippen LogP contribution in [0.25, 0.3) is 10.6 Å². The van der Waals surface area contributed by atoms with E-state index in [0.29, 0.717) is 17.7 Å². The standard InChI is InChI=1S/C19H24N4O2S/c20-14-11-15(17-8-4-10-26-17)21-23(19(14)25)12-18(24)22-9-3-6-13-5-1-2-7-16(13)22/h4,8,10-11,13,16H,1-3,5-7,9,12,20H2/t13-,16-/m0/s1. The molecule has 2 atom stereocenters. The summed E-state index contributed by atoms with van der Waals surface area (Å²) in [7, 11) is 0. The van der Waals surface area contributed by atoms with Gasteiger partial charge in [-0.15, -0.1) is 11.3 Å². The number of carbonyl (C=O) groups excluding carboxylic acids is 1. The van der Waals surface area contributed by atoms with Gasteiger partial charge in [0, 0.05) is 12.6 Å². The van der Waals surface area contributed by atoms with E-state index < -0.39 is 5.56 Å². The summed E-state index contributed by atoms with van der Waals surface area (Å²) >= 11 is 1.53. The van der Waals surface area contributed by atoms with Gasteiger partial charge >= 0.3 is 0 Å². The first-order valence-electron chi connectivity index (χ1n) is 9.34. The van der Waals surface area contributed by atoms with Gasteiger partial charge in [-0.05, 0) is 49.1 Å². The fourth-order valence-electron chi connectivity index (χ4n) is 4.37. The van der Waals surface area contributed by atoms with Crippen LogP contribution in [0.1, 0.15) is 38.5 Å². The van der Waals surface area contributed by atoms with E-state index in [-0.39, 0.29) is 18.1 Å². The number of carbonyl (C=O) groups is 1. The Morgan fingerprint density at radius 1 is 1.27 bits per heavy atom. The molecule has 26 heavy (non-hydrogen) atoms. The molecule has 0 aromatic carbocycles. The van der Waals surface area contributed by atoms with Crippen molar-refractivity contribution in [2.75, 3.05) is 12.3 Å². The molecule has 0 spiro atoms. The van der Waals surface area contributed by atoms with Crippen molar-refractivity contribution in [1.29, 1.82) is 0 Å². The van der Waals surface area contributed by atoms with Crippen LogP contribution in [0.4, 0.5) is 5.69 Å². The van der Waals surface area contributed by atoms with E-state index in [1.165, 1.54) is 41.7 Å². The van der Waals surface area contributed by atoms with Gasteiger partial charge in [0.25, 0.3) is 5.56 Å². The second kappa shape index (κ2) is 7.23. The van der Waals surface area contributed by atoms with Crippen molar-refractivity contribution < 1.29 is 4.79 Å². The van der Waals surface area contributed by atoms with Crippen LogP contribution in [0.15, 0.2) is 28.4 Å². The van der Waals surface area contributed by atoms with Crippen LogP contribution in [0.3, 0.4) is 0 Å². The highest BCUT2D eigenvalue weighted by molar-refractivity contribution is 7.13. The van der Waals surface area contributed by atoms with Crippen LogP contribution in [0.5, 0.6) is 0 Å². The van der Waals surface area contributed by atoms with Gasteiger partial charge in [0.2, 0.25) is 5.91 Å². The molecule has 138 valence electrons. The number of hydrogen-bond donors (Lipinski definition) is 1. The highest BCUT2D eigenvalue weighted by atomic mass is 32.1. The Balaban J connectivity index is 1.58. The minimum atomic E-state index is -0.393. The van der Waals surface area contributed by atoms with E-state index in [2.05, 4.69) is 5.10 Å². The lowest BCUT2D eigenvalue weighted by atomic mass is 9.78. The summed E-state index contributed by atoms with van der Waals surface area (Å²) in [5, 5.41) is 6.35. The third-order valence-electron chi connectivity index (χ3n) is 5.62. The predicted molar refractivity (Wildman–Crippen MR) is 103 cm³/mol. The van der Waals surface area contributed by atoms with Crippen LogP contribution in [-0.4, -0.2) is 33.2 Å². The number of hydrogen-bond acceptors (Lipinski definition) is 5. The minimum absolute atomic E-state index is 0.0149. The predicted octanol–water partition coefficient (Wildman–Crippen LogP) is 2.74. The summed E-state index contributed by atoms with van der Waals surface area (Å²) < 4.78 is 1.24. The molecule has 0 bridgehead atoms. The van der Waals surface area contributed by atoms with E-state index >= 15 is 0 Å². The Kier molecular flexibility index (Phi) is 4.80. The lowest BCUT2D eigenvalue weighted by molar-refractivity contribution is -0.138. The Morgan fingerprint density at radius 2 is 2.08 bits per heavy atom. The molecule has 2 aromatic rings. The molecule has 1 aliphatic heterocycles. The van der Waals surface area contributed by atoms with Crippen molar-refractivity contribution in [3.8, 4) is 10.6 Å². The summed E-state index contributed by atoms with van der Waals surface area (Å²) in [6.07, 6.45) is 7.01. The average molecular weight is 372 g/mol. The molecular formula is C19H24N4O2S. The smallest absolute Gasteiger partial charge is 0.290 e. The molecular weight excluding hydrogens is 348 g/mol. The lowest BCUT2D eigenvalue weighted by Gasteiger charge is -2.44. The normalized spacial score (nSPS) is 22.8. The fourth-order valence-corrected chi connectivity index (χ4v) is 5.05. The van der Waals surface area contributed by atoms with Crippen LogP contribution < -0.4 is 11.3 Å². The number of nitrogens with two attached hydrogens (primary N) is 1. The maximum absolute atomic E-state index is 13.0. The fraction of sp³-hybridized carbons (Fsp3) is 0.526. The third kappa shape index (κ3) is 3.28. The zero-order chi connectivity index (χ0) is 18.1. The van der Waals surface area contributed by atoms with Gasteiger partial charge in [-0.1, -0.05) is 18.9 Å². The van der Waals surface area contributed by atoms with Gasteiger partial charge in [0.1, 0.15) is 17.9 Å². The number of amides is 1. The summed E-state index contributed by atoms with van der Waals surface area (Å²) in [5.74, 6) is 0.604. The zero-order valence-electron chi connectivity index (χ0n) is 14.8. The molecule has 6 nitrogen and oxygen atoms in total. The number of fused-ring (bicyclic) bond motifs is 1. The van der Waals surface area contributed by atoms with Gasteiger partial charge in [-0.2, -0.15) is 5.10 Å². The SMILES string of the molecule is Nc1cc(-c2cccs2)nn(CC(=O)N2CCC[C@@H]3CCCC[C@@H]32)c1=O. The molecule has 7 heteroatoms. The maximum atomic E-state index is 13.0. The van der Waals surface area contributed by atoms with Gasteiger partial charge in [0.05, 0.1) is 4.88 Å². The molecule has 1 saturated carbocycles. The molecule has 2 aliphatic rings. The monoisotopic (exact) mass is 372 g/mol. The molecule has 4 rings (SSSR count). The zero-order valence-corrected chi connectivity index (χ0v) is 15.6. The van der Waals surface area contributed by atoms with Gasteiger partial charge < -0.3 is 10.6 Å². The highest BCUT2D eigenvalue weighted by Crippen LogP contribution is 2.35. The van der Waals surface area contributed by atoms with Gasteiger partial charge in [-0.25, -0.2) is 4.68 Å². The van der Waals surface area contributed by atoms with Crippen molar-refractivity contribution >= 4 is 22.9 Å². The third-order valence-corrected chi connectivity index (χ3v) is 6.52. The quantitative estimate of drug-likeness (QED) is 0.898. The molecule has 2 fully saturated rings. The van der Waals surface area contributed by atoms with E-state index in [9.17, 15) is 9.59 Å². The first-order chi connectivity index (χ1) is 12.6. The van der Waals surface area contributed by atoms with E-state index in [0.717, 1.165) is 24.3 Å². The molecule has 0 unspecified atom stereocenters. The maximum Gasteiger partial charge on any atom is 0.290 e. The van der Waals surface area contributed by atoms with Crippen molar-refractivity contribution in [1.82, 2.24) is 14.7 Å². The molecule has 1 amide bonds. The topological polar surface area (TPSA) is 81.2 Å². The van der Waals surface area contributed by atoms with Crippen molar-refractivity contribution in [2.24, 2.45) is 5.92 Å². The van der Waals surface area contributed by atoms with Crippen molar-refractivity contribution in [3.63, 3.8) is 0 Å². The van der Waals surface area contributed by atoms with Crippen LogP contribution in [-0.2, 0) is 11.3 Å². The number of likely N-dealkylation sites (tertiary alicyclic amines) is 1. The Labute approximate surface area is 156 Å².